The second-order valence-electron chi connectivity index (χ2n) is 4.99. The average Bonchev–Trinajstić information content (AvgIpc) is 2.82. The van der Waals surface area contributed by atoms with Gasteiger partial charge in [-0.15, -0.1) is 0 Å². The lowest BCUT2D eigenvalue weighted by atomic mass is 10.1. The normalized spacial score (nSPS) is 20.9. The maximum Gasteiger partial charge on any atom is 0.243 e. The zero-order valence-electron chi connectivity index (χ0n) is 11.2. The van der Waals surface area contributed by atoms with Crippen molar-refractivity contribution in [3.63, 3.8) is 0 Å². The van der Waals surface area contributed by atoms with Crippen LogP contribution < -0.4 is 5.32 Å². The van der Waals surface area contributed by atoms with Gasteiger partial charge in [-0.2, -0.15) is 4.31 Å². The van der Waals surface area contributed by atoms with E-state index in [4.69, 9.17) is 0 Å². The summed E-state index contributed by atoms with van der Waals surface area (Å²) in [6.45, 7) is 3.42. The highest BCUT2D eigenvalue weighted by Gasteiger charge is 2.32. The molecule has 1 N–H and O–H groups in total. The number of halogens is 1. The molecule has 0 aromatic heterocycles. The van der Waals surface area contributed by atoms with Crippen LogP contribution in [0.15, 0.2) is 23.1 Å². The van der Waals surface area contributed by atoms with Crippen molar-refractivity contribution in [2.24, 2.45) is 5.92 Å². The van der Waals surface area contributed by atoms with E-state index in [0.717, 1.165) is 19.0 Å². The molecule has 1 atom stereocenters. The van der Waals surface area contributed by atoms with Crippen molar-refractivity contribution in [2.45, 2.75) is 18.2 Å². The van der Waals surface area contributed by atoms with E-state index in [9.17, 15) is 12.8 Å². The van der Waals surface area contributed by atoms with Crippen LogP contribution in [-0.2, 0) is 10.0 Å². The lowest BCUT2D eigenvalue weighted by molar-refractivity contribution is 0.450. The largest absolute Gasteiger partial charge is 0.319 e. The zero-order valence-corrected chi connectivity index (χ0v) is 12.0. The molecule has 0 unspecified atom stereocenters. The highest BCUT2D eigenvalue weighted by atomic mass is 32.2. The van der Waals surface area contributed by atoms with Crippen molar-refractivity contribution in [3.8, 4) is 0 Å². The molecule has 0 aliphatic carbocycles. The van der Waals surface area contributed by atoms with E-state index in [1.807, 2.05) is 7.05 Å². The zero-order chi connectivity index (χ0) is 14.0. The van der Waals surface area contributed by atoms with Crippen LogP contribution in [0.3, 0.4) is 0 Å². The van der Waals surface area contributed by atoms with Gasteiger partial charge in [0.15, 0.2) is 0 Å². The third-order valence-electron chi connectivity index (χ3n) is 3.52. The minimum atomic E-state index is -3.56. The van der Waals surface area contributed by atoms with Crippen molar-refractivity contribution >= 4 is 10.0 Å². The van der Waals surface area contributed by atoms with Gasteiger partial charge >= 0.3 is 0 Å². The molecule has 1 heterocycles. The molecule has 1 aliphatic heterocycles. The van der Waals surface area contributed by atoms with Crippen LogP contribution in [0.5, 0.6) is 0 Å². The molecule has 0 spiro atoms. The summed E-state index contributed by atoms with van der Waals surface area (Å²) in [6.07, 6.45) is 0.842. The molecule has 0 bridgehead atoms. The van der Waals surface area contributed by atoms with Gasteiger partial charge in [0.25, 0.3) is 0 Å². The van der Waals surface area contributed by atoms with E-state index < -0.39 is 15.8 Å². The van der Waals surface area contributed by atoms with Gasteiger partial charge in [-0.1, -0.05) is 6.07 Å². The maximum atomic E-state index is 13.5. The van der Waals surface area contributed by atoms with Gasteiger partial charge in [0.05, 0.1) is 4.90 Å². The summed E-state index contributed by atoms with van der Waals surface area (Å²) >= 11 is 0. The van der Waals surface area contributed by atoms with Crippen LogP contribution in [0.1, 0.15) is 12.0 Å². The molecule has 1 saturated heterocycles. The Kier molecular flexibility index (Phi) is 4.23. The Labute approximate surface area is 113 Å². The first kappa shape index (κ1) is 14.4. The molecule has 106 valence electrons. The summed E-state index contributed by atoms with van der Waals surface area (Å²) in [6, 6.07) is 4.08. The summed E-state index contributed by atoms with van der Waals surface area (Å²) in [5, 5.41) is 3.06. The Morgan fingerprint density at radius 2 is 2.21 bits per heavy atom. The molecule has 6 heteroatoms. The molecule has 0 amide bonds. The molecule has 4 nitrogen and oxygen atoms in total. The molecular formula is C13H19FN2O2S. The monoisotopic (exact) mass is 286 g/mol. The Balaban J connectivity index is 2.21. The second kappa shape index (κ2) is 5.56. The van der Waals surface area contributed by atoms with Gasteiger partial charge in [0, 0.05) is 13.1 Å². The Bertz CT molecular complexity index is 560. The van der Waals surface area contributed by atoms with Gasteiger partial charge < -0.3 is 5.32 Å². The molecule has 1 fully saturated rings. The summed E-state index contributed by atoms with van der Waals surface area (Å²) in [5.74, 6) is -0.151. The fourth-order valence-electron chi connectivity index (χ4n) is 2.35. The number of sulfonamides is 1. The summed E-state index contributed by atoms with van der Waals surface area (Å²) in [4.78, 5) is 0.0423. The van der Waals surface area contributed by atoms with Crippen LogP contribution in [0.4, 0.5) is 4.39 Å². The molecular weight excluding hydrogens is 267 g/mol. The standard InChI is InChI=1S/C13H19FN2O2S/c1-10-3-4-12(7-13(10)14)19(17,18)16-6-5-11(9-16)8-15-2/h3-4,7,11,15H,5-6,8-9H2,1-2H3/t11-/m0/s1. The van der Waals surface area contributed by atoms with Gasteiger partial charge in [-0.3, -0.25) is 0 Å². The number of nitrogens with zero attached hydrogens (tertiary/aromatic N) is 1. The van der Waals surface area contributed by atoms with E-state index >= 15 is 0 Å². The van der Waals surface area contributed by atoms with Crippen LogP contribution in [0.2, 0.25) is 0 Å². The third kappa shape index (κ3) is 2.96. The minimum absolute atomic E-state index is 0.0423. The number of aryl methyl sites for hydroxylation is 1. The smallest absolute Gasteiger partial charge is 0.243 e. The molecule has 19 heavy (non-hydrogen) atoms. The topological polar surface area (TPSA) is 49.4 Å². The molecule has 0 radical (unpaired) electrons. The molecule has 1 aliphatic rings. The second-order valence-corrected chi connectivity index (χ2v) is 6.92. The number of hydrogen-bond donors (Lipinski definition) is 1. The van der Waals surface area contributed by atoms with Gasteiger partial charge in [0.1, 0.15) is 5.82 Å². The summed E-state index contributed by atoms with van der Waals surface area (Å²) < 4.78 is 39.7. The van der Waals surface area contributed by atoms with Crippen LogP contribution in [-0.4, -0.2) is 39.4 Å². The van der Waals surface area contributed by atoms with Crippen molar-refractivity contribution in [1.82, 2.24) is 9.62 Å². The van der Waals surface area contributed by atoms with E-state index in [-0.39, 0.29) is 4.90 Å². The predicted molar refractivity (Wildman–Crippen MR) is 71.9 cm³/mol. The van der Waals surface area contributed by atoms with Crippen molar-refractivity contribution in [1.29, 1.82) is 0 Å². The van der Waals surface area contributed by atoms with Gasteiger partial charge in [-0.25, -0.2) is 12.8 Å². The number of rotatable bonds is 4. The maximum absolute atomic E-state index is 13.5. The number of nitrogens with one attached hydrogen (secondary N) is 1. The first-order valence-electron chi connectivity index (χ1n) is 6.36. The fourth-order valence-corrected chi connectivity index (χ4v) is 3.90. The highest BCUT2D eigenvalue weighted by Crippen LogP contribution is 2.25. The Morgan fingerprint density at radius 3 is 2.84 bits per heavy atom. The van der Waals surface area contributed by atoms with Crippen LogP contribution in [0, 0.1) is 18.7 Å². The highest BCUT2D eigenvalue weighted by molar-refractivity contribution is 7.89. The van der Waals surface area contributed by atoms with Crippen molar-refractivity contribution in [2.75, 3.05) is 26.7 Å². The summed E-state index contributed by atoms with van der Waals surface area (Å²) in [5.41, 5.74) is 0.452. The summed E-state index contributed by atoms with van der Waals surface area (Å²) in [7, 11) is -1.71. The lowest BCUT2D eigenvalue weighted by Gasteiger charge is -2.17. The molecule has 1 aromatic rings. The van der Waals surface area contributed by atoms with Crippen molar-refractivity contribution < 1.29 is 12.8 Å². The molecule has 0 saturated carbocycles. The number of benzene rings is 1. The average molecular weight is 286 g/mol. The lowest BCUT2D eigenvalue weighted by Crippen LogP contribution is -2.30. The number of hydrogen-bond acceptors (Lipinski definition) is 3. The van der Waals surface area contributed by atoms with Crippen molar-refractivity contribution in [3.05, 3.63) is 29.6 Å². The first-order valence-corrected chi connectivity index (χ1v) is 7.80. The van der Waals surface area contributed by atoms with E-state index in [2.05, 4.69) is 5.32 Å². The fraction of sp³-hybridized carbons (Fsp3) is 0.538. The minimum Gasteiger partial charge on any atom is -0.319 e. The Morgan fingerprint density at radius 1 is 1.47 bits per heavy atom. The SMILES string of the molecule is CNC[C@@H]1CCN(S(=O)(=O)c2ccc(C)c(F)c2)C1. The third-order valence-corrected chi connectivity index (χ3v) is 5.38. The molecule has 2 rings (SSSR count). The quantitative estimate of drug-likeness (QED) is 0.909. The van der Waals surface area contributed by atoms with E-state index in [1.165, 1.54) is 16.4 Å². The van der Waals surface area contributed by atoms with E-state index in [0.29, 0.717) is 24.6 Å². The Hall–Kier alpha value is -0.980. The molecule has 1 aromatic carbocycles. The van der Waals surface area contributed by atoms with Crippen LogP contribution >= 0.6 is 0 Å². The van der Waals surface area contributed by atoms with Gasteiger partial charge in [-0.05, 0) is 50.6 Å². The first-order chi connectivity index (χ1) is 8.95. The predicted octanol–water partition coefficient (Wildman–Crippen LogP) is 1.36. The van der Waals surface area contributed by atoms with Crippen LogP contribution in [0.25, 0.3) is 0 Å². The van der Waals surface area contributed by atoms with Gasteiger partial charge in [0.2, 0.25) is 10.0 Å². The van der Waals surface area contributed by atoms with E-state index in [1.54, 1.807) is 6.92 Å².